The van der Waals surface area contributed by atoms with Crippen molar-refractivity contribution in [3.63, 3.8) is 0 Å². The monoisotopic (exact) mass is 838 g/mol. The van der Waals surface area contributed by atoms with Gasteiger partial charge in [0.05, 0.1) is 10.0 Å². The largest absolute Gasteiger partial charge is 0.643 e. The zero-order valence-electron chi connectivity index (χ0n) is 25.5. The lowest BCUT2D eigenvalue weighted by molar-refractivity contribution is 0.103. The first-order valence-corrected chi connectivity index (χ1v) is 23.8. The molecule has 0 saturated heterocycles. The van der Waals surface area contributed by atoms with Gasteiger partial charge in [-0.15, -0.1) is 0 Å². The van der Waals surface area contributed by atoms with E-state index in [-0.39, 0.29) is 36.7 Å². The van der Waals surface area contributed by atoms with E-state index in [2.05, 4.69) is 24.3 Å². The van der Waals surface area contributed by atoms with Crippen molar-refractivity contribution >= 4 is 107 Å². The summed E-state index contributed by atoms with van der Waals surface area (Å²) in [7, 11) is 6.94. The molecule has 17 heteroatoms. The minimum atomic E-state index is -3.97. The Balaban J connectivity index is 0.000000205. The number of carbonyl (C=O) groups is 2. The number of hydrogen-bond donors (Lipinski definition) is 2. The maximum absolute atomic E-state index is 12.6. The minimum Gasteiger partial charge on any atom is -0.289 e. The van der Waals surface area contributed by atoms with Crippen LogP contribution in [0.5, 0.6) is 0 Å². The fraction of sp³-hybridized carbons (Fsp3) is 0.188. The number of hydrogen-bond acceptors (Lipinski definition) is 6. The SMILES string of the molecule is NS(=O)(=O)c1cc(C(=O)Cl)ccc1Cl.NS(=O)(=O)c1cc(C(=O)c2ccc3c(c2)CCC3)ccc1Cl.[Cl][Al]([Cl])[Cl].c1ccc2c(c1)CCC2. The van der Waals surface area contributed by atoms with Gasteiger partial charge >= 0.3 is 11.4 Å². The van der Waals surface area contributed by atoms with Crippen LogP contribution in [-0.2, 0) is 45.7 Å². The minimum absolute atomic E-state index is 0.00741. The maximum atomic E-state index is 12.6. The summed E-state index contributed by atoms with van der Waals surface area (Å²) in [5.74, 6) is -0.240. The highest BCUT2D eigenvalue weighted by Gasteiger charge is 2.19. The van der Waals surface area contributed by atoms with Crippen molar-refractivity contribution in [3.8, 4) is 0 Å². The Bertz CT molecular complexity index is 2040. The van der Waals surface area contributed by atoms with Crippen molar-refractivity contribution in [1.29, 1.82) is 0 Å². The fourth-order valence-electron chi connectivity index (χ4n) is 5.10. The van der Waals surface area contributed by atoms with Gasteiger partial charge in [-0.2, -0.15) is 0 Å². The number of primary sulfonamides is 2. The highest BCUT2D eigenvalue weighted by molar-refractivity contribution is 7.89. The van der Waals surface area contributed by atoms with Crippen LogP contribution in [0.2, 0.25) is 10.0 Å². The topological polar surface area (TPSA) is 154 Å². The molecule has 0 bridgehead atoms. The molecule has 0 radical (unpaired) electrons. The van der Waals surface area contributed by atoms with Crippen molar-refractivity contribution in [3.05, 3.63) is 128 Å². The third kappa shape index (κ3) is 12.8. The smallest absolute Gasteiger partial charge is 0.289 e. The van der Waals surface area contributed by atoms with E-state index >= 15 is 0 Å². The average Bonchev–Trinajstić information content (AvgIpc) is 3.70. The molecule has 2 aliphatic carbocycles. The van der Waals surface area contributed by atoms with E-state index in [1.165, 1.54) is 60.7 Å². The summed E-state index contributed by atoms with van der Waals surface area (Å²) in [5, 5.41) is 9.16. The molecule has 0 aliphatic heterocycles. The molecule has 6 rings (SSSR count). The Morgan fingerprint density at radius 2 is 0.939 bits per heavy atom. The van der Waals surface area contributed by atoms with Crippen molar-refractivity contribution in [1.82, 2.24) is 0 Å². The van der Waals surface area contributed by atoms with Crippen LogP contribution in [0.3, 0.4) is 0 Å². The molecular weight excluding hydrogens is 812 g/mol. The molecule has 49 heavy (non-hydrogen) atoms. The molecule has 4 aromatic carbocycles. The van der Waals surface area contributed by atoms with Gasteiger partial charge in [0.15, 0.2) is 5.78 Å². The van der Waals surface area contributed by atoms with Crippen LogP contribution in [-0.4, -0.2) is 39.2 Å². The van der Waals surface area contributed by atoms with Gasteiger partial charge in [-0.05, 0) is 115 Å². The number of nitrogens with two attached hydrogens (primary N) is 2. The molecule has 0 fully saturated rings. The van der Waals surface area contributed by atoms with Crippen LogP contribution >= 0.6 is 65.0 Å². The van der Waals surface area contributed by atoms with E-state index in [0.29, 0.717) is 5.56 Å². The molecule has 8 nitrogen and oxygen atoms in total. The normalized spacial score (nSPS) is 12.9. The van der Waals surface area contributed by atoms with Crippen LogP contribution in [0.4, 0.5) is 0 Å². The summed E-state index contributed by atoms with van der Waals surface area (Å²) in [6, 6.07) is 22.1. The maximum Gasteiger partial charge on any atom is 0.643 e. The molecule has 4 aromatic rings. The lowest BCUT2D eigenvalue weighted by atomic mass is 9.99. The molecule has 0 amide bonds. The van der Waals surface area contributed by atoms with Gasteiger partial charge in [0, 0.05) is 16.7 Å². The molecule has 4 N–H and O–H groups in total. The third-order valence-electron chi connectivity index (χ3n) is 7.34. The van der Waals surface area contributed by atoms with Crippen LogP contribution < -0.4 is 10.3 Å². The highest BCUT2D eigenvalue weighted by atomic mass is 35.8. The quantitative estimate of drug-likeness (QED) is 0.118. The summed E-state index contributed by atoms with van der Waals surface area (Å²) in [5.41, 5.74) is 6.43. The zero-order valence-corrected chi connectivity index (χ0v) is 32.8. The Hall–Kier alpha value is -1.69. The Morgan fingerprint density at radius 1 is 0.571 bits per heavy atom. The molecule has 0 aromatic heterocycles. The molecule has 0 atom stereocenters. The van der Waals surface area contributed by atoms with Gasteiger partial charge < -0.3 is 0 Å². The van der Waals surface area contributed by atoms with Gasteiger partial charge in [-0.3, -0.25) is 9.59 Å². The van der Waals surface area contributed by atoms with E-state index in [9.17, 15) is 26.4 Å². The summed E-state index contributed by atoms with van der Waals surface area (Å²) < 4.78 is 44.9. The predicted molar refractivity (Wildman–Crippen MR) is 200 cm³/mol. The Kier molecular flexibility index (Phi) is 15.9. The van der Waals surface area contributed by atoms with Gasteiger partial charge in [-0.25, -0.2) is 57.3 Å². The van der Waals surface area contributed by atoms with Crippen molar-refractivity contribution < 1.29 is 26.4 Å². The second-order valence-electron chi connectivity index (χ2n) is 10.7. The first-order valence-electron chi connectivity index (χ1n) is 14.4. The van der Waals surface area contributed by atoms with Gasteiger partial charge in [-0.1, -0.05) is 59.6 Å². The highest BCUT2D eigenvalue weighted by Crippen LogP contribution is 2.27. The lowest BCUT2D eigenvalue weighted by Crippen LogP contribution is -2.14. The molecule has 0 unspecified atom stereocenters. The fourth-order valence-corrected chi connectivity index (χ4v) is 7.36. The number of rotatable bonds is 5. The van der Waals surface area contributed by atoms with Gasteiger partial charge in [0.1, 0.15) is 9.79 Å². The van der Waals surface area contributed by atoms with Crippen molar-refractivity contribution in [2.24, 2.45) is 10.3 Å². The van der Waals surface area contributed by atoms with E-state index in [1.807, 2.05) is 12.1 Å². The van der Waals surface area contributed by atoms with Crippen LogP contribution in [0, 0.1) is 0 Å². The number of fused-ring (bicyclic) bond motifs is 2. The number of carbonyl (C=O) groups excluding carboxylic acids is 2. The van der Waals surface area contributed by atoms with Crippen LogP contribution in [0.1, 0.15) is 61.4 Å². The summed E-state index contributed by atoms with van der Waals surface area (Å²) in [6.07, 6.45) is 7.08. The number of ketones is 1. The van der Waals surface area contributed by atoms with Crippen LogP contribution in [0.15, 0.2) is 88.7 Å². The van der Waals surface area contributed by atoms with E-state index in [0.717, 1.165) is 25.3 Å². The summed E-state index contributed by atoms with van der Waals surface area (Å²) >= 11 is 14.8. The number of halogens is 6. The standard InChI is InChI=1S/C16H14ClNO3S.C9H10.C7H5Cl2NO3S.Al.3ClH/c17-14-7-6-13(9-15(14)22(18,20)21)16(19)12-5-4-10-2-1-3-11(10)8-12;1-2-5-9-7-3-6-8(9)4-1;8-5-2-1-4(7(9)11)3-6(5)14(10,12)13;;;;/h4-9H,1-3H2,(H2,18,20,21);1-2,4-5H,3,6-7H2;1-3H,(H2,10,12,13);;3*1H/q;;;+3;;;/p-3. The van der Waals surface area contributed by atoms with Gasteiger partial charge in [0.2, 0.25) is 20.0 Å². The third-order valence-corrected chi connectivity index (χ3v) is 10.3. The lowest BCUT2D eigenvalue weighted by Gasteiger charge is -2.07. The predicted octanol–water partition coefficient (Wildman–Crippen LogP) is 7.94. The first-order chi connectivity index (χ1) is 22.9. The van der Waals surface area contributed by atoms with Crippen molar-refractivity contribution in [2.45, 2.75) is 48.3 Å². The molecule has 0 heterocycles. The second-order valence-corrected chi connectivity index (χ2v) is 21.3. The molecule has 0 saturated carbocycles. The first kappa shape index (κ1) is 41.7. The van der Waals surface area contributed by atoms with Crippen molar-refractivity contribution in [2.75, 3.05) is 0 Å². The molecule has 260 valence electrons. The molecule has 0 spiro atoms. The summed E-state index contributed by atoms with van der Waals surface area (Å²) in [6.45, 7) is 0. The van der Waals surface area contributed by atoms with E-state index in [1.54, 1.807) is 17.2 Å². The zero-order chi connectivity index (χ0) is 36.5. The van der Waals surface area contributed by atoms with Gasteiger partial charge in [0.25, 0.3) is 5.24 Å². The van der Waals surface area contributed by atoms with E-state index < -0.39 is 36.7 Å². The number of benzene rings is 4. The summed E-state index contributed by atoms with van der Waals surface area (Å²) in [4.78, 5) is 22.7. The Morgan fingerprint density at radius 3 is 1.39 bits per heavy atom. The van der Waals surface area contributed by atoms with Crippen LogP contribution in [0.25, 0.3) is 0 Å². The average molecular weight is 841 g/mol. The van der Waals surface area contributed by atoms with E-state index in [4.69, 9.17) is 75.2 Å². The molecule has 2 aliphatic rings. The molecular formula is C32H29AlCl6N2O6S2. The number of sulfonamides is 2. The second kappa shape index (κ2) is 18.7. The Labute approximate surface area is 317 Å². The number of aryl methyl sites for hydroxylation is 4.